The first-order chi connectivity index (χ1) is 15.9. The second-order valence-electron chi connectivity index (χ2n) is 7.65. The molecule has 4 aromatic rings. The van der Waals surface area contributed by atoms with E-state index < -0.39 is 11.2 Å². The number of para-hydroxylation sites is 2. The minimum absolute atomic E-state index is 0.0824. The highest BCUT2D eigenvalue weighted by atomic mass is 16.5. The lowest BCUT2D eigenvalue weighted by Gasteiger charge is -2.18. The van der Waals surface area contributed by atoms with Crippen molar-refractivity contribution in [1.29, 1.82) is 0 Å². The fraction of sp³-hybridized carbons (Fsp3) is 0.200. The molecule has 0 fully saturated rings. The van der Waals surface area contributed by atoms with Gasteiger partial charge in [0.1, 0.15) is 17.8 Å². The summed E-state index contributed by atoms with van der Waals surface area (Å²) in [5.41, 5.74) is 2.02. The molecule has 0 amide bonds. The van der Waals surface area contributed by atoms with Crippen molar-refractivity contribution in [3.05, 3.63) is 91.8 Å². The minimum atomic E-state index is -0.576. The number of carbonyl (C=O) groups is 1. The summed E-state index contributed by atoms with van der Waals surface area (Å²) in [5, 5.41) is 0.330. The van der Waals surface area contributed by atoms with E-state index >= 15 is 0 Å². The Balaban J connectivity index is 2.11. The first-order valence-electron chi connectivity index (χ1n) is 10.3. The van der Waals surface area contributed by atoms with Gasteiger partial charge in [-0.05, 0) is 55.8 Å². The van der Waals surface area contributed by atoms with E-state index in [0.29, 0.717) is 51.2 Å². The Morgan fingerprint density at radius 3 is 2.39 bits per heavy atom. The number of rotatable bonds is 6. The summed E-state index contributed by atoms with van der Waals surface area (Å²) in [7, 11) is 3.01. The second kappa shape index (κ2) is 8.74. The number of benzene rings is 2. The smallest absolute Gasteiger partial charge is 0.337 e. The quantitative estimate of drug-likeness (QED) is 0.424. The maximum Gasteiger partial charge on any atom is 0.337 e. The van der Waals surface area contributed by atoms with E-state index in [2.05, 4.69) is 4.98 Å². The largest absolute Gasteiger partial charge is 0.496 e. The van der Waals surface area contributed by atoms with Gasteiger partial charge in [-0.2, -0.15) is 0 Å². The second-order valence-corrected chi connectivity index (χ2v) is 7.65. The Morgan fingerprint density at radius 2 is 1.70 bits per heavy atom. The number of ether oxygens (including phenoxy) is 2. The monoisotopic (exact) mass is 445 g/mol. The van der Waals surface area contributed by atoms with Crippen LogP contribution in [0.2, 0.25) is 0 Å². The molecule has 0 atom stereocenters. The lowest BCUT2D eigenvalue weighted by atomic mass is 10.1. The van der Waals surface area contributed by atoms with Crippen LogP contribution in [0.5, 0.6) is 11.5 Å². The third kappa shape index (κ3) is 3.80. The lowest BCUT2D eigenvalue weighted by Crippen LogP contribution is -2.40. The van der Waals surface area contributed by atoms with Gasteiger partial charge in [0.2, 0.25) is 0 Å². The van der Waals surface area contributed by atoms with Gasteiger partial charge >= 0.3 is 5.69 Å². The first kappa shape index (κ1) is 22.0. The van der Waals surface area contributed by atoms with E-state index in [9.17, 15) is 14.4 Å². The fourth-order valence-corrected chi connectivity index (χ4v) is 4.01. The molecule has 0 bridgehead atoms. The van der Waals surface area contributed by atoms with Gasteiger partial charge in [0.25, 0.3) is 5.56 Å². The fourth-order valence-electron chi connectivity index (χ4n) is 4.01. The predicted molar refractivity (Wildman–Crippen MR) is 125 cm³/mol. The summed E-state index contributed by atoms with van der Waals surface area (Å²) in [5.74, 6) is 0.933. The summed E-state index contributed by atoms with van der Waals surface area (Å²) < 4.78 is 13.4. The molecule has 0 unspecified atom stereocenters. The molecule has 0 radical (unpaired) electrons. The zero-order valence-electron chi connectivity index (χ0n) is 18.8. The molecule has 33 heavy (non-hydrogen) atoms. The number of pyridine rings is 1. The number of aryl methyl sites for hydroxylation is 2. The number of aromatic nitrogens is 3. The zero-order valence-corrected chi connectivity index (χ0v) is 18.8. The Labute approximate surface area is 189 Å². The van der Waals surface area contributed by atoms with Gasteiger partial charge in [-0.15, -0.1) is 0 Å². The molecule has 0 saturated carbocycles. The SMILES string of the molecule is COc1ccc(C=O)cc1Cn1c(=O)c2c(C)cc(C)nc2n(-c2ccccc2OC)c1=O. The number of aldehydes is 1. The average molecular weight is 445 g/mol. The highest BCUT2D eigenvalue weighted by Gasteiger charge is 2.21. The molecular formula is C25H23N3O5. The highest BCUT2D eigenvalue weighted by molar-refractivity contribution is 5.80. The number of hydrogen-bond donors (Lipinski definition) is 0. The van der Waals surface area contributed by atoms with Gasteiger partial charge < -0.3 is 9.47 Å². The Morgan fingerprint density at radius 1 is 0.970 bits per heavy atom. The van der Waals surface area contributed by atoms with Crippen LogP contribution >= 0.6 is 0 Å². The minimum Gasteiger partial charge on any atom is -0.496 e. The zero-order chi connectivity index (χ0) is 23.7. The number of nitrogens with zero attached hydrogens (tertiary/aromatic N) is 3. The maximum atomic E-state index is 13.8. The lowest BCUT2D eigenvalue weighted by molar-refractivity contribution is 0.112. The molecule has 0 aliphatic heterocycles. The van der Waals surface area contributed by atoms with Crippen molar-refractivity contribution in [3.8, 4) is 17.2 Å². The average Bonchev–Trinajstić information content (AvgIpc) is 2.81. The molecule has 168 valence electrons. The van der Waals surface area contributed by atoms with Crippen LogP contribution in [0, 0.1) is 13.8 Å². The molecule has 0 aliphatic carbocycles. The third-order valence-corrected chi connectivity index (χ3v) is 5.51. The van der Waals surface area contributed by atoms with Crippen molar-refractivity contribution in [2.24, 2.45) is 0 Å². The molecule has 2 aromatic carbocycles. The third-order valence-electron chi connectivity index (χ3n) is 5.51. The van der Waals surface area contributed by atoms with Gasteiger partial charge in [0.15, 0.2) is 5.65 Å². The summed E-state index contributed by atoms with van der Waals surface area (Å²) >= 11 is 0. The van der Waals surface area contributed by atoms with Crippen LogP contribution in [0.25, 0.3) is 16.7 Å². The first-order valence-corrected chi connectivity index (χ1v) is 10.3. The van der Waals surface area contributed by atoms with Crippen LogP contribution in [0.3, 0.4) is 0 Å². The molecule has 2 heterocycles. The van der Waals surface area contributed by atoms with E-state index in [4.69, 9.17) is 9.47 Å². The number of methoxy groups -OCH3 is 2. The molecular weight excluding hydrogens is 422 g/mol. The van der Waals surface area contributed by atoms with Crippen LogP contribution in [0.4, 0.5) is 0 Å². The van der Waals surface area contributed by atoms with Gasteiger partial charge in [-0.3, -0.25) is 14.2 Å². The van der Waals surface area contributed by atoms with Crippen molar-refractivity contribution in [3.63, 3.8) is 0 Å². The molecule has 4 rings (SSSR count). The van der Waals surface area contributed by atoms with Gasteiger partial charge in [-0.1, -0.05) is 12.1 Å². The maximum absolute atomic E-state index is 13.8. The standard InChI is InChI=1S/C25H23N3O5/c1-15-11-16(2)26-23-22(15)24(30)27(13-18-12-17(14-29)9-10-20(18)32-3)25(31)28(23)19-7-5-6-8-21(19)33-4/h5-12,14H,13H2,1-4H3. The Kier molecular flexibility index (Phi) is 5.83. The molecule has 0 spiro atoms. The molecule has 8 nitrogen and oxygen atoms in total. The normalized spacial score (nSPS) is 10.9. The molecule has 2 aromatic heterocycles. The van der Waals surface area contributed by atoms with Gasteiger partial charge in [0, 0.05) is 16.8 Å². The van der Waals surface area contributed by atoms with E-state index in [1.807, 2.05) is 13.8 Å². The Hall–Kier alpha value is -4.20. The van der Waals surface area contributed by atoms with E-state index in [0.717, 1.165) is 4.57 Å². The number of carbonyl (C=O) groups excluding carboxylic acids is 1. The predicted octanol–water partition coefficient (Wildman–Crippen LogP) is 3.04. The Bertz CT molecular complexity index is 1500. The van der Waals surface area contributed by atoms with E-state index in [1.54, 1.807) is 48.5 Å². The molecule has 0 aliphatic rings. The molecule has 8 heteroatoms. The summed E-state index contributed by atoms with van der Waals surface area (Å²) in [6.07, 6.45) is 0.704. The topological polar surface area (TPSA) is 92.4 Å². The van der Waals surface area contributed by atoms with E-state index in [-0.39, 0.29) is 12.2 Å². The van der Waals surface area contributed by atoms with Crippen LogP contribution in [-0.4, -0.2) is 34.6 Å². The van der Waals surface area contributed by atoms with Crippen LogP contribution in [0.1, 0.15) is 27.2 Å². The van der Waals surface area contributed by atoms with Crippen molar-refractivity contribution >= 4 is 17.3 Å². The molecule has 0 saturated heterocycles. The molecule has 0 N–H and O–H groups in total. The van der Waals surface area contributed by atoms with Crippen molar-refractivity contribution in [2.75, 3.05) is 14.2 Å². The van der Waals surface area contributed by atoms with E-state index in [1.165, 1.54) is 18.8 Å². The summed E-state index contributed by atoms with van der Waals surface area (Å²) in [6.45, 7) is 3.54. The number of hydrogen-bond acceptors (Lipinski definition) is 6. The number of fused-ring (bicyclic) bond motifs is 1. The van der Waals surface area contributed by atoms with Gasteiger partial charge in [-0.25, -0.2) is 14.3 Å². The summed E-state index contributed by atoms with van der Waals surface area (Å²) in [6, 6.07) is 13.7. The highest BCUT2D eigenvalue weighted by Crippen LogP contribution is 2.25. The van der Waals surface area contributed by atoms with Crippen molar-refractivity contribution < 1.29 is 14.3 Å². The van der Waals surface area contributed by atoms with Crippen molar-refractivity contribution in [1.82, 2.24) is 14.1 Å². The summed E-state index contributed by atoms with van der Waals surface area (Å²) in [4.78, 5) is 43.2. The van der Waals surface area contributed by atoms with Gasteiger partial charge in [0.05, 0.1) is 31.8 Å². The van der Waals surface area contributed by atoms with Crippen molar-refractivity contribution in [2.45, 2.75) is 20.4 Å². The van der Waals surface area contributed by atoms with Crippen LogP contribution in [0.15, 0.2) is 58.1 Å². The van der Waals surface area contributed by atoms with Crippen LogP contribution < -0.4 is 20.7 Å². The van der Waals surface area contributed by atoms with Crippen LogP contribution in [-0.2, 0) is 6.54 Å².